The normalized spacial score (nSPS) is 16.4. The van der Waals surface area contributed by atoms with Crippen molar-refractivity contribution in [2.45, 2.75) is 32.6 Å². The van der Waals surface area contributed by atoms with E-state index in [4.69, 9.17) is 4.98 Å². The number of carbonyl (C=O) groups is 1. The van der Waals surface area contributed by atoms with Crippen molar-refractivity contribution in [2.75, 3.05) is 13.1 Å². The van der Waals surface area contributed by atoms with E-state index in [0.717, 1.165) is 52.8 Å². The van der Waals surface area contributed by atoms with Crippen LogP contribution in [0.25, 0.3) is 22.2 Å². The summed E-state index contributed by atoms with van der Waals surface area (Å²) in [6, 6.07) is 18.4. The van der Waals surface area contributed by atoms with Crippen LogP contribution in [0.3, 0.4) is 0 Å². The number of amides is 1. The van der Waals surface area contributed by atoms with Gasteiger partial charge in [0.05, 0.1) is 5.69 Å². The highest BCUT2D eigenvalue weighted by Gasteiger charge is 2.27. The molecule has 1 saturated heterocycles. The number of benzene rings is 2. The maximum Gasteiger partial charge on any atom is 0.253 e. The van der Waals surface area contributed by atoms with Crippen molar-refractivity contribution in [1.82, 2.24) is 14.5 Å². The lowest BCUT2D eigenvalue weighted by atomic mass is 9.93. The third-order valence-corrected chi connectivity index (χ3v) is 7.09. The molecule has 0 aliphatic carbocycles. The molecule has 5 heteroatoms. The van der Waals surface area contributed by atoms with E-state index in [1.807, 2.05) is 35.2 Å². The van der Waals surface area contributed by atoms with Crippen molar-refractivity contribution in [3.63, 3.8) is 0 Å². The zero-order valence-corrected chi connectivity index (χ0v) is 19.3. The molecule has 2 aromatic carbocycles. The summed E-state index contributed by atoms with van der Waals surface area (Å²) in [7, 11) is 2.06. The van der Waals surface area contributed by atoms with Gasteiger partial charge in [0.25, 0.3) is 5.91 Å². The Morgan fingerprint density at radius 1 is 1.06 bits per heavy atom. The van der Waals surface area contributed by atoms with E-state index >= 15 is 0 Å². The summed E-state index contributed by atoms with van der Waals surface area (Å²) >= 11 is 0. The summed E-state index contributed by atoms with van der Waals surface area (Å²) in [6.45, 7) is 5.64. The fourth-order valence-electron chi connectivity index (χ4n) is 4.93. The van der Waals surface area contributed by atoms with Gasteiger partial charge in [-0.3, -0.25) is 9.78 Å². The number of fused-ring (bicyclic) bond motifs is 1. The molecule has 0 N–H and O–H groups in total. The summed E-state index contributed by atoms with van der Waals surface area (Å²) in [5, 5.41) is 1.14. The number of hydrogen-bond acceptors (Lipinski definition) is 2. The van der Waals surface area contributed by atoms with Gasteiger partial charge in [-0.25, -0.2) is 4.39 Å². The summed E-state index contributed by atoms with van der Waals surface area (Å²) < 4.78 is 15.5. The molecule has 0 spiro atoms. The molecule has 3 heterocycles. The van der Waals surface area contributed by atoms with Crippen LogP contribution in [-0.4, -0.2) is 33.4 Å². The fraction of sp³-hybridized carbons (Fsp3) is 0.286. The van der Waals surface area contributed by atoms with Crippen LogP contribution in [0, 0.1) is 19.7 Å². The highest BCUT2D eigenvalue weighted by molar-refractivity contribution is 5.99. The van der Waals surface area contributed by atoms with Gasteiger partial charge in [-0.2, -0.15) is 0 Å². The second-order valence-electron chi connectivity index (χ2n) is 9.05. The summed E-state index contributed by atoms with van der Waals surface area (Å²) in [4.78, 5) is 20.2. The van der Waals surface area contributed by atoms with Gasteiger partial charge in [0, 0.05) is 59.5 Å². The lowest BCUT2D eigenvalue weighted by Gasteiger charge is -2.32. The quantitative estimate of drug-likeness (QED) is 0.390. The number of pyridine rings is 1. The van der Waals surface area contributed by atoms with Crippen LogP contribution in [0.5, 0.6) is 0 Å². The molecule has 1 unspecified atom stereocenters. The van der Waals surface area contributed by atoms with Crippen molar-refractivity contribution in [3.05, 3.63) is 89.0 Å². The predicted molar refractivity (Wildman–Crippen MR) is 130 cm³/mol. The Morgan fingerprint density at radius 2 is 1.85 bits per heavy atom. The first kappa shape index (κ1) is 21.4. The molecule has 4 nitrogen and oxygen atoms in total. The van der Waals surface area contributed by atoms with Gasteiger partial charge in [0.2, 0.25) is 0 Å². The lowest BCUT2D eigenvalue weighted by Crippen LogP contribution is -2.39. The van der Waals surface area contributed by atoms with Crippen molar-refractivity contribution in [2.24, 2.45) is 7.05 Å². The molecule has 2 aromatic heterocycles. The molecule has 0 saturated carbocycles. The molecular weight excluding hydrogens is 413 g/mol. The van der Waals surface area contributed by atoms with Gasteiger partial charge in [-0.05, 0) is 86.8 Å². The minimum Gasteiger partial charge on any atom is -0.348 e. The molecule has 168 valence electrons. The van der Waals surface area contributed by atoms with E-state index in [1.54, 1.807) is 12.1 Å². The van der Waals surface area contributed by atoms with Crippen LogP contribution in [-0.2, 0) is 7.05 Å². The minimum absolute atomic E-state index is 0.0807. The Bertz CT molecular complexity index is 1340. The van der Waals surface area contributed by atoms with Crippen molar-refractivity contribution in [3.8, 4) is 11.3 Å². The molecule has 1 amide bonds. The Labute approximate surface area is 193 Å². The number of hydrogen-bond donors (Lipinski definition) is 0. The zero-order valence-electron chi connectivity index (χ0n) is 19.3. The lowest BCUT2D eigenvalue weighted by molar-refractivity contribution is 0.0706. The Hall–Kier alpha value is -3.47. The molecular formula is C28H28FN3O. The van der Waals surface area contributed by atoms with E-state index < -0.39 is 0 Å². The molecule has 5 rings (SSSR count). The number of carbonyl (C=O) groups excluding carboxylic acids is 1. The number of halogens is 1. The van der Waals surface area contributed by atoms with Gasteiger partial charge >= 0.3 is 0 Å². The second-order valence-corrected chi connectivity index (χ2v) is 9.05. The smallest absolute Gasteiger partial charge is 0.253 e. The van der Waals surface area contributed by atoms with Crippen LogP contribution in [0.1, 0.15) is 46.1 Å². The second kappa shape index (κ2) is 8.47. The average molecular weight is 442 g/mol. The summed E-state index contributed by atoms with van der Waals surface area (Å²) in [5.74, 6) is 0.0140. The van der Waals surface area contributed by atoms with Gasteiger partial charge < -0.3 is 9.47 Å². The number of likely N-dealkylation sites (tertiary alicyclic amines) is 1. The van der Waals surface area contributed by atoms with Gasteiger partial charge in [0.1, 0.15) is 5.82 Å². The van der Waals surface area contributed by atoms with Gasteiger partial charge in [0.15, 0.2) is 0 Å². The third-order valence-electron chi connectivity index (χ3n) is 7.09. The zero-order chi connectivity index (χ0) is 23.1. The van der Waals surface area contributed by atoms with E-state index in [0.29, 0.717) is 6.54 Å². The Kier molecular flexibility index (Phi) is 5.49. The fourth-order valence-corrected chi connectivity index (χ4v) is 4.93. The summed E-state index contributed by atoms with van der Waals surface area (Å²) in [6.07, 6.45) is 1.95. The molecule has 0 radical (unpaired) electrons. The van der Waals surface area contributed by atoms with Crippen LogP contribution >= 0.6 is 0 Å². The van der Waals surface area contributed by atoms with E-state index in [-0.39, 0.29) is 17.6 Å². The predicted octanol–water partition coefficient (Wildman–Crippen LogP) is 6.02. The van der Waals surface area contributed by atoms with Gasteiger partial charge in [-0.1, -0.05) is 6.07 Å². The molecule has 1 fully saturated rings. The number of aryl methyl sites for hydroxylation is 2. The van der Waals surface area contributed by atoms with Crippen LogP contribution < -0.4 is 0 Å². The average Bonchev–Trinajstić information content (AvgIpc) is 3.07. The SMILES string of the molecule is Cc1c(C)n(C)c2ccc(C(=O)N3CCCC(c4cccc(-c5ccc(F)cc5)n4)C3)cc12. The highest BCUT2D eigenvalue weighted by Crippen LogP contribution is 2.30. The molecule has 33 heavy (non-hydrogen) atoms. The molecule has 1 atom stereocenters. The van der Waals surface area contributed by atoms with Gasteiger partial charge in [-0.15, -0.1) is 0 Å². The Morgan fingerprint density at radius 3 is 2.64 bits per heavy atom. The minimum atomic E-state index is -0.254. The first-order valence-electron chi connectivity index (χ1n) is 11.5. The molecule has 0 bridgehead atoms. The Balaban J connectivity index is 1.38. The van der Waals surface area contributed by atoms with Crippen LogP contribution in [0.15, 0.2) is 60.7 Å². The maximum atomic E-state index is 13.4. The van der Waals surface area contributed by atoms with Crippen LogP contribution in [0.2, 0.25) is 0 Å². The highest BCUT2D eigenvalue weighted by atomic mass is 19.1. The molecule has 4 aromatic rings. The number of aromatic nitrogens is 2. The number of piperidine rings is 1. The van der Waals surface area contributed by atoms with Crippen molar-refractivity contribution < 1.29 is 9.18 Å². The summed E-state index contributed by atoms with van der Waals surface area (Å²) in [5.41, 5.74) is 7.05. The van der Waals surface area contributed by atoms with Crippen molar-refractivity contribution >= 4 is 16.8 Å². The van der Waals surface area contributed by atoms with E-state index in [2.05, 4.69) is 31.5 Å². The first-order chi connectivity index (χ1) is 15.9. The standard InChI is InChI=1S/C28H28FN3O/c1-18-19(2)31(3)27-14-11-21(16-24(18)27)28(33)32-15-5-6-22(17-32)26-8-4-7-25(30-26)20-9-12-23(29)13-10-20/h4,7-14,16,22H,5-6,15,17H2,1-3H3. The number of rotatable bonds is 3. The monoisotopic (exact) mass is 441 g/mol. The number of nitrogens with zero attached hydrogens (tertiary/aromatic N) is 3. The van der Waals surface area contributed by atoms with Crippen LogP contribution in [0.4, 0.5) is 4.39 Å². The first-order valence-corrected chi connectivity index (χ1v) is 11.5. The van der Waals surface area contributed by atoms with E-state index in [9.17, 15) is 9.18 Å². The molecule has 1 aliphatic rings. The van der Waals surface area contributed by atoms with E-state index in [1.165, 1.54) is 23.4 Å². The maximum absolute atomic E-state index is 13.4. The van der Waals surface area contributed by atoms with Crippen molar-refractivity contribution in [1.29, 1.82) is 0 Å². The largest absolute Gasteiger partial charge is 0.348 e. The molecule has 1 aliphatic heterocycles. The topological polar surface area (TPSA) is 38.1 Å². The third kappa shape index (κ3) is 3.92.